The Morgan fingerprint density at radius 2 is 1.93 bits per heavy atom. The number of hydrogen-bond donors (Lipinski definition) is 3. The minimum Gasteiger partial charge on any atom is -0.480 e. The van der Waals surface area contributed by atoms with Crippen molar-refractivity contribution >= 4 is 23.6 Å². The Hall–Kier alpha value is -2.52. The van der Waals surface area contributed by atoms with Crippen LogP contribution >= 0.6 is 0 Å². The average molecular weight is 394 g/mol. The van der Waals surface area contributed by atoms with Crippen molar-refractivity contribution in [3.8, 4) is 0 Å². The molecule has 1 atom stereocenters. The van der Waals surface area contributed by atoms with E-state index in [1.807, 2.05) is 16.7 Å². The maximum Gasteiger partial charge on any atom is 0.326 e. The zero-order chi connectivity index (χ0) is 20.7. The molecule has 154 valence electrons. The molecule has 3 N–H and O–H groups in total. The molecule has 0 bridgehead atoms. The topological polar surface area (TPSA) is 102 Å². The van der Waals surface area contributed by atoms with Crippen LogP contribution in [0.5, 0.6) is 0 Å². The number of nitrogens with one attached hydrogen (secondary N) is 2. The fourth-order valence-corrected chi connectivity index (χ4v) is 3.41. The summed E-state index contributed by atoms with van der Waals surface area (Å²) in [4.78, 5) is 39.1. The summed E-state index contributed by atoms with van der Waals surface area (Å²) in [6, 6.07) is 4.57. The van der Waals surface area contributed by atoms with Crippen LogP contribution in [-0.2, 0) is 9.59 Å². The Balaban J connectivity index is 1.83. The summed E-state index contributed by atoms with van der Waals surface area (Å²) in [5.41, 5.74) is -0.000597. The lowest BCUT2D eigenvalue weighted by molar-refractivity contribution is -0.139. The van der Waals surface area contributed by atoms with Gasteiger partial charge in [-0.3, -0.25) is 24.7 Å². The third-order valence-corrected chi connectivity index (χ3v) is 5.05. The molecular weight excluding hydrogens is 367 g/mol. The molecule has 1 saturated heterocycles. The van der Waals surface area contributed by atoms with Crippen LogP contribution < -0.4 is 10.6 Å². The Labute approximate surface area is 163 Å². The molecule has 0 aromatic heterocycles. The fraction of sp³-hybridized carbons (Fsp3) is 0.526. The molecule has 0 spiro atoms. The number of rotatable bonds is 7. The molecule has 8 nitrogen and oxygen atoms in total. The highest BCUT2D eigenvalue weighted by Crippen LogP contribution is 2.18. The summed E-state index contributed by atoms with van der Waals surface area (Å²) in [5, 5.41) is 13.6. The van der Waals surface area contributed by atoms with Gasteiger partial charge >= 0.3 is 12.0 Å². The van der Waals surface area contributed by atoms with Gasteiger partial charge < -0.3 is 10.4 Å². The van der Waals surface area contributed by atoms with E-state index in [9.17, 15) is 18.8 Å². The van der Waals surface area contributed by atoms with Crippen molar-refractivity contribution in [1.82, 2.24) is 15.1 Å². The monoisotopic (exact) mass is 394 g/mol. The van der Waals surface area contributed by atoms with Crippen molar-refractivity contribution in [2.24, 2.45) is 0 Å². The van der Waals surface area contributed by atoms with E-state index in [1.54, 1.807) is 13.0 Å². The molecule has 1 unspecified atom stereocenters. The first-order valence-corrected chi connectivity index (χ1v) is 9.38. The first-order valence-electron chi connectivity index (χ1n) is 9.38. The van der Waals surface area contributed by atoms with Gasteiger partial charge in [-0.1, -0.05) is 19.1 Å². The minimum atomic E-state index is -0.849. The molecule has 1 aromatic rings. The number of para-hydroxylation sites is 1. The van der Waals surface area contributed by atoms with Crippen molar-refractivity contribution < 1.29 is 23.9 Å². The van der Waals surface area contributed by atoms with E-state index in [2.05, 4.69) is 10.6 Å². The van der Waals surface area contributed by atoms with Gasteiger partial charge in [0, 0.05) is 19.1 Å². The summed E-state index contributed by atoms with van der Waals surface area (Å²) in [7, 11) is 0. The van der Waals surface area contributed by atoms with Crippen molar-refractivity contribution in [1.29, 1.82) is 0 Å². The molecule has 1 aliphatic rings. The highest BCUT2D eigenvalue weighted by atomic mass is 19.1. The van der Waals surface area contributed by atoms with Crippen molar-refractivity contribution in [3.63, 3.8) is 0 Å². The van der Waals surface area contributed by atoms with Crippen LogP contribution in [0.15, 0.2) is 24.3 Å². The lowest BCUT2D eigenvalue weighted by Gasteiger charge is -2.39. The molecule has 3 amide bonds. The van der Waals surface area contributed by atoms with E-state index >= 15 is 0 Å². The zero-order valence-corrected chi connectivity index (χ0v) is 16.2. The summed E-state index contributed by atoms with van der Waals surface area (Å²) in [6.45, 7) is 5.56. The molecule has 1 fully saturated rings. The number of carbonyl (C=O) groups is 3. The Kier molecular flexibility index (Phi) is 7.89. The number of anilines is 1. The van der Waals surface area contributed by atoms with Crippen LogP contribution in [0.1, 0.15) is 26.7 Å². The second-order valence-corrected chi connectivity index (χ2v) is 6.82. The van der Waals surface area contributed by atoms with E-state index in [1.165, 1.54) is 18.2 Å². The van der Waals surface area contributed by atoms with Gasteiger partial charge in [-0.2, -0.15) is 0 Å². The number of likely N-dealkylation sites (N-methyl/N-ethyl adjacent to an activating group) is 1. The number of urea groups is 1. The average Bonchev–Trinajstić information content (AvgIpc) is 2.67. The van der Waals surface area contributed by atoms with Crippen LogP contribution in [0.4, 0.5) is 14.9 Å². The first-order chi connectivity index (χ1) is 13.3. The summed E-state index contributed by atoms with van der Waals surface area (Å²) in [6.07, 6.45) is 1.50. The van der Waals surface area contributed by atoms with Gasteiger partial charge in [-0.25, -0.2) is 9.18 Å². The predicted octanol–water partition coefficient (Wildman–Crippen LogP) is 1.73. The van der Waals surface area contributed by atoms with E-state index in [0.717, 1.165) is 12.8 Å². The number of piperidine rings is 1. The van der Waals surface area contributed by atoms with Crippen molar-refractivity contribution in [2.45, 2.75) is 38.8 Å². The predicted molar refractivity (Wildman–Crippen MR) is 103 cm³/mol. The maximum atomic E-state index is 13.6. The zero-order valence-electron chi connectivity index (χ0n) is 16.2. The van der Waals surface area contributed by atoms with Gasteiger partial charge in [0.05, 0.1) is 18.3 Å². The Morgan fingerprint density at radius 1 is 1.29 bits per heavy atom. The number of likely N-dealkylation sites (tertiary alicyclic amines) is 1. The molecule has 1 aromatic carbocycles. The molecule has 0 aliphatic carbocycles. The van der Waals surface area contributed by atoms with E-state index < -0.39 is 29.8 Å². The lowest BCUT2D eigenvalue weighted by Crippen LogP contribution is -2.53. The van der Waals surface area contributed by atoms with Crippen molar-refractivity contribution in [3.05, 3.63) is 30.1 Å². The molecule has 2 rings (SSSR count). The number of nitrogens with zero attached hydrogens (tertiary/aromatic N) is 2. The number of benzene rings is 1. The highest BCUT2D eigenvalue weighted by molar-refractivity contribution is 6.02. The Morgan fingerprint density at radius 3 is 2.50 bits per heavy atom. The number of carbonyl (C=O) groups excluding carboxylic acids is 2. The van der Waals surface area contributed by atoms with Crippen molar-refractivity contribution in [2.75, 3.05) is 31.5 Å². The molecule has 0 radical (unpaired) electrons. The number of imide groups is 1. The third-order valence-electron chi connectivity index (χ3n) is 5.05. The van der Waals surface area contributed by atoms with Gasteiger partial charge in [0.1, 0.15) is 5.82 Å². The van der Waals surface area contributed by atoms with Crippen LogP contribution in [-0.4, -0.2) is 71.1 Å². The highest BCUT2D eigenvalue weighted by Gasteiger charge is 2.30. The van der Waals surface area contributed by atoms with Crippen LogP contribution in [0.25, 0.3) is 0 Å². The van der Waals surface area contributed by atoms with Gasteiger partial charge in [0.25, 0.3) is 0 Å². The normalized spacial score (nSPS) is 16.6. The molecule has 1 aliphatic heterocycles. The van der Waals surface area contributed by atoms with E-state index in [-0.39, 0.29) is 18.3 Å². The van der Waals surface area contributed by atoms with E-state index in [4.69, 9.17) is 5.11 Å². The first kappa shape index (κ1) is 21.8. The molecular formula is C19H27FN4O4. The fourth-order valence-electron chi connectivity index (χ4n) is 3.41. The number of carboxylic acids is 1. The van der Waals surface area contributed by atoms with Crippen LogP contribution in [0, 0.1) is 5.82 Å². The Bertz CT molecular complexity index is 707. The summed E-state index contributed by atoms with van der Waals surface area (Å²) >= 11 is 0. The number of carboxylic acid groups (broad SMARTS) is 1. The maximum absolute atomic E-state index is 13.6. The van der Waals surface area contributed by atoms with Gasteiger partial charge in [0.2, 0.25) is 5.91 Å². The molecule has 1 heterocycles. The third kappa shape index (κ3) is 6.00. The number of hydrogen-bond acceptors (Lipinski definition) is 5. The molecule has 0 saturated carbocycles. The van der Waals surface area contributed by atoms with Gasteiger partial charge in [-0.15, -0.1) is 0 Å². The second kappa shape index (κ2) is 10.1. The van der Waals surface area contributed by atoms with Crippen LogP contribution in [0.2, 0.25) is 0 Å². The SMILES string of the molecule is CCN(CC(=O)O)C1CCN(C(C)C(=O)NC(=O)Nc2ccccc2F)CC1. The quantitative estimate of drug-likeness (QED) is 0.651. The number of aliphatic carboxylic acids is 1. The smallest absolute Gasteiger partial charge is 0.326 e. The summed E-state index contributed by atoms with van der Waals surface area (Å²) < 4.78 is 13.6. The number of halogens is 1. The van der Waals surface area contributed by atoms with Gasteiger partial charge in [-0.05, 0) is 38.4 Å². The lowest BCUT2D eigenvalue weighted by atomic mass is 10.0. The second-order valence-electron chi connectivity index (χ2n) is 6.82. The standard InChI is InChI=1S/C19H27FN4O4/c1-3-23(12-17(25)26)14-8-10-24(11-9-14)13(2)18(27)22-19(28)21-16-7-5-4-6-15(16)20/h4-7,13-14H,3,8-12H2,1-2H3,(H,25,26)(H2,21,22,27,28). The molecule has 28 heavy (non-hydrogen) atoms. The van der Waals surface area contributed by atoms with E-state index in [0.29, 0.717) is 19.6 Å². The van der Waals surface area contributed by atoms with Crippen LogP contribution in [0.3, 0.4) is 0 Å². The van der Waals surface area contributed by atoms with Gasteiger partial charge in [0.15, 0.2) is 0 Å². The minimum absolute atomic E-state index is 0.000597. The number of amides is 3. The largest absolute Gasteiger partial charge is 0.480 e. The summed E-state index contributed by atoms with van der Waals surface area (Å²) in [5.74, 6) is -1.90. The molecule has 9 heteroatoms.